The van der Waals surface area contributed by atoms with Crippen LogP contribution in [0.25, 0.3) is 0 Å². The molecule has 2 heterocycles. The molecule has 5 nitrogen and oxygen atoms in total. The minimum atomic E-state index is -0.649. The number of carbonyl (C=O) groups is 1. The summed E-state index contributed by atoms with van der Waals surface area (Å²) in [6.07, 6.45) is 1.78. The molecule has 0 radical (unpaired) electrons. The standard InChI is InChI=1S/C14H21NO4/c1-10(15-8-4-7-14(2,17)9-15)11-5-6-12(19-11)13(16)18-3/h5-6,10,17H,4,7-9H2,1-3H3. The molecule has 106 valence electrons. The maximum Gasteiger partial charge on any atom is 0.373 e. The van der Waals surface area contributed by atoms with Crippen LogP contribution in [-0.2, 0) is 4.74 Å². The van der Waals surface area contributed by atoms with Gasteiger partial charge in [-0.25, -0.2) is 4.79 Å². The van der Waals surface area contributed by atoms with E-state index in [1.807, 2.05) is 13.8 Å². The SMILES string of the molecule is COC(=O)c1ccc(C(C)N2CCCC(C)(O)C2)o1. The number of hydrogen-bond acceptors (Lipinski definition) is 5. The lowest BCUT2D eigenvalue weighted by Gasteiger charge is -2.39. The molecule has 1 aromatic rings. The van der Waals surface area contributed by atoms with Crippen molar-refractivity contribution in [1.82, 2.24) is 4.90 Å². The Morgan fingerprint density at radius 3 is 2.95 bits per heavy atom. The van der Waals surface area contributed by atoms with Crippen LogP contribution in [0.3, 0.4) is 0 Å². The van der Waals surface area contributed by atoms with Crippen molar-refractivity contribution in [2.45, 2.75) is 38.3 Å². The van der Waals surface area contributed by atoms with Gasteiger partial charge >= 0.3 is 5.97 Å². The first-order chi connectivity index (χ1) is 8.93. The van der Waals surface area contributed by atoms with Crippen LogP contribution in [0.1, 0.15) is 49.0 Å². The third-order valence-electron chi connectivity index (χ3n) is 3.68. The number of piperidine rings is 1. The van der Waals surface area contributed by atoms with Gasteiger partial charge in [0.05, 0.1) is 18.8 Å². The molecule has 5 heteroatoms. The Morgan fingerprint density at radius 1 is 1.58 bits per heavy atom. The highest BCUT2D eigenvalue weighted by Gasteiger charge is 2.32. The van der Waals surface area contributed by atoms with E-state index in [1.54, 1.807) is 12.1 Å². The molecule has 1 aliphatic rings. The zero-order valence-electron chi connectivity index (χ0n) is 11.7. The third-order valence-corrected chi connectivity index (χ3v) is 3.68. The predicted octanol–water partition coefficient (Wildman–Crippen LogP) is 1.97. The summed E-state index contributed by atoms with van der Waals surface area (Å²) in [5, 5.41) is 10.1. The second-order valence-electron chi connectivity index (χ2n) is 5.44. The molecule has 0 aromatic carbocycles. The van der Waals surface area contributed by atoms with Gasteiger partial charge in [0, 0.05) is 6.54 Å². The first-order valence-corrected chi connectivity index (χ1v) is 6.57. The minimum absolute atomic E-state index is 0.0326. The van der Waals surface area contributed by atoms with E-state index in [1.165, 1.54) is 7.11 Å². The van der Waals surface area contributed by atoms with E-state index in [0.717, 1.165) is 25.1 Å². The molecular formula is C14H21NO4. The number of ether oxygens (including phenoxy) is 1. The molecule has 1 N–H and O–H groups in total. The zero-order chi connectivity index (χ0) is 14.0. The van der Waals surface area contributed by atoms with Crippen molar-refractivity contribution < 1.29 is 19.1 Å². The van der Waals surface area contributed by atoms with Gasteiger partial charge in [0.15, 0.2) is 0 Å². The van der Waals surface area contributed by atoms with Gasteiger partial charge in [-0.1, -0.05) is 0 Å². The van der Waals surface area contributed by atoms with Crippen molar-refractivity contribution in [1.29, 1.82) is 0 Å². The fourth-order valence-electron chi connectivity index (χ4n) is 2.56. The smallest absolute Gasteiger partial charge is 0.373 e. The molecule has 0 aliphatic carbocycles. The molecule has 2 unspecified atom stereocenters. The number of esters is 1. The molecule has 0 spiro atoms. The average Bonchev–Trinajstić information content (AvgIpc) is 2.85. The summed E-state index contributed by atoms with van der Waals surface area (Å²) in [5.74, 6) is 0.468. The maximum absolute atomic E-state index is 11.4. The van der Waals surface area contributed by atoms with Crippen LogP contribution in [0.4, 0.5) is 0 Å². The van der Waals surface area contributed by atoms with E-state index in [-0.39, 0.29) is 11.8 Å². The number of carbonyl (C=O) groups excluding carboxylic acids is 1. The molecule has 0 amide bonds. The second kappa shape index (κ2) is 5.35. The highest BCUT2D eigenvalue weighted by Crippen LogP contribution is 2.29. The lowest BCUT2D eigenvalue weighted by Crippen LogP contribution is -2.46. The fraction of sp³-hybridized carbons (Fsp3) is 0.643. The van der Waals surface area contributed by atoms with Crippen molar-refractivity contribution in [3.63, 3.8) is 0 Å². The van der Waals surface area contributed by atoms with E-state index >= 15 is 0 Å². The van der Waals surface area contributed by atoms with Crippen LogP contribution < -0.4 is 0 Å². The van der Waals surface area contributed by atoms with Crippen molar-refractivity contribution in [2.75, 3.05) is 20.2 Å². The second-order valence-corrected chi connectivity index (χ2v) is 5.44. The van der Waals surface area contributed by atoms with Gasteiger partial charge in [-0.05, 0) is 45.4 Å². The minimum Gasteiger partial charge on any atom is -0.463 e. The largest absolute Gasteiger partial charge is 0.463 e. The molecule has 19 heavy (non-hydrogen) atoms. The Bertz CT molecular complexity index is 452. The van der Waals surface area contributed by atoms with Gasteiger partial charge in [-0.2, -0.15) is 0 Å². The molecule has 1 aromatic heterocycles. The molecule has 0 saturated carbocycles. The Morgan fingerprint density at radius 2 is 2.32 bits per heavy atom. The van der Waals surface area contributed by atoms with Gasteiger partial charge in [-0.15, -0.1) is 0 Å². The first-order valence-electron chi connectivity index (χ1n) is 6.57. The summed E-state index contributed by atoms with van der Waals surface area (Å²) in [5.41, 5.74) is -0.649. The summed E-state index contributed by atoms with van der Waals surface area (Å²) in [4.78, 5) is 13.5. The lowest BCUT2D eigenvalue weighted by molar-refractivity contribution is -0.0307. The monoisotopic (exact) mass is 267 g/mol. The number of aliphatic hydroxyl groups is 1. The molecule has 1 fully saturated rings. The van der Waals surface area contributed by atoms with E-state index in [9.17, 15) is 9.90 Å². The van der Waals surface area contributed by atoms with Gasteiger partial charge in [0.1, 0.15) is 5.76 Å². The molecule has 2 atom stereocenters. The van der Waals surface area contributed by atoms with E-state index < -0.39 is 11.6 Å². The topological polar surface area (TPSA) is 62.9 Å². The number of β-amino-alcohol motifs (C(OH)–C–C–N with tert-alkyl or cyclic N) is 1. The number of furan rings is 1. The molecule has 2 rings (SSSR count). The van der Waals surface area contributed by atoms with E-state index in [2.05, 4.69) is 9.64 Å². The van der Waals surface area contributed by atoms with Crippen LogP contribution in [-0.4, -0.2) is 41.8 Å². The predicted molar refractivity (Wildman–Crippen MR) is 69.9 cm³/mol. The van der Waals surface area contributed by atoms with Crippen LogP contribution in [0.15, 0.2) is 16.5 Å². The molecule has 1 aliphatic heterocycles. The highest BCUT2D eigenvalue weighted by atomic mass is 16.5. The quantitative estimate of drug-likeness (QED) is 0.848. The van der Waals surface area contributed by atoms with Crippen LogP contribution in [0, 0.1) is 0 Å². The summed E-state index contributed by atoms with van der Waals surface area (Å²) < 4.78 is 10.1. The Hall–Kier alpha value is -1.33. The molecule has 1 saturated heterocycles. The van der Waals surface area contributed by atoms with Crippen molar-refractivity contribution in [3.8, 4) is 0 Å². The summed E-state index contributed by atoms with van der Waals surface area (Å²) in [7, 11) is 1.33. The van der Waals surface area contributed by atoms with Gasteiger partial charge in [-0.3, -0.25) is 4.90 Å². The van der Waals surface area contributed by atoms with Crippen LogP contribution in [0.2, 0.25) is 0 Å². The number of rotatable bonds is 3. The van der Waals surface area contributed by atoms with Gasteiger partial charge in [0.2, 0.25) is 5.76 Å². The fourth-order valence-corrected chi connectivity index (χ4v) is 2.56. The third kappa shape index (κ3) is 3.16. The highest BCUT2D eigenvalue weighted by molar-refractivity contribution is 5.86. The first kappa shape index (κ1) is 14.1. The number of nitrogens with zero attached hydrogens (tertiary/aromatic N) is 1. The van der Waals surface area contributed by atoms with Crippen LogP contribution in [0.5, 0.6) is 0 Å². The molecule has 0 bridgehead atoms. The normalized spacial score (nSPS) is 26.1. The van der Waals surface area contributed by atoms with E-state index in [0.29, 0.717) is 6.54 Å². The van der Waals surface area contributed by atoms with Crippen molar-refractivity contribution in [2.24, 2.45) is 0 Å². The maximum atomic E-state index is 11.4. The summed E-state index contributed by atoms with van der Waals surface area (Å²) in [6, 6.07) is 3.45. The summed E-state index contributed by atoms with van der Waals surface area (Å²) in [6.45, 7) is 5.41. The van der Waals surface area contributed by atoms with Crippen LogP contribution >= 0.6 is 0 Å². The Labute approximate surface area is 113 Å². The lowest BCUT2D eigenvalue weighted by atomic mass is 9.94. The number of hydrogen-bond donors (Lipinski definition) is 1. The summed E-state index contributed by atoms with van der Waals surface area (Å²) >= 11 is 0. The van der Waals surface area contributed by atoms with E-state index in [4.69, 9.17) is 4.42 Å². The Balaban J connectivity index is 2.09. The Kier molecular flexibility index (Phi) is 3.96. The van der Waals surface area contributed by atoms with Crippen molar-refractivity contribution >= 4 is 5.97 Å². The molecular weight excluding hydrogens is 246 g/mol. The van der Waals surface area contributed by atoms with Crippen molar-refractivity contribution in [3.05, 3.63) is 23.7 Å². The van der Waals surface area contributed by atoms with Gasteiger partial charge < -0.3 is 14.3 Å². The average molecular weight is 267 g/mol. The zero-order valence-corrected chi connectivity index (χ0v) is 11.7. The number of methoxy groups -OCH3 is 1. The van der Waals surface area contributed by atoms with Gasteiger partial charge in [0.25, 0.3) is 0 Å². The number of likely N-dealkylation sites (tertiary alicyclic amines) is 1.